The molecule has 0 unspecified atom stereocenters. The fraction of sp³-hybridized carbons (Fsp3) is 0.353. The van der Waals surface area contributed by atoms with Crippen LogP contribution < -0.4 is 0 Å². The summed E-state index contributed by atoms with van der Waals surface area (Å²) in [7, 11) is -1.09. The molecule has 0 fully saturated rings. The number of pyridine rings is 1. The average Bonchev–Trinajstić information content (AvgIpc) is 2.92. The normalized spacial score (nSPS) is 12.0. The number of aldehydes is 1. The highest BCUT2D eigenvalue weighted by Gasteiger charge is 2.12. The first kappa shape index (κ1) is 17.3. The van der Waals surface area contributed by atoms with E-state index >= 15 is 0 Å². The third-order valence-corrected chi connectivity index (χ3v) is 5.00. The van der Waals surface area contributed by atoms with Crippen molar-refractivity contribution in [2.45, 2.75) is 32.4 Å². The van der Waals surface area contributed by atoms with Crippen LogP contribution in [-0.4, -0.2) is 35.7 Å². The zero-order valence-corrected chi connectivity index (χ0v) is 14.9. The monoisotopic (exact) mass is 329 g/mol. The van der Waals surface area contributed by atoms with Gasteiger partial charge in [-0.3, -0.25) is 9.78 Å². The topological polar surface area (TPSA) is 57.0 Å². The molecular weight excluding hydrogens is 306 g/mol. The van der Waals surface area contributed by atoms with Gasteiger partial charge in [0.15, 0.2) is 6.29 Å². The van der Waals surface area contributed by atoms with E-state index in [-0.39, 0.29) is 0 Å². The smallest absolute Gasteiger partial charge is 0.170 e. The van der Waals surface area contributed by atoms with Gasteiger partial charge in [-0.05, 0) is 17.7 Å². The van der Waals surface area contributed by atoms with Gasteiger partial charge < -0.3 is 4.74 Å². The first-order chi connectivity index (χ1) is 11.0. The number of carbonyl (C=O) groups excluding carboxylic acids is 1. The highest BCUT2D eigenvalue weighted by molar-refractivity contribution is 6.76. The molecule has 0 radical (unpaired) electrons. The lowest BCUT2D eigenvalue weighted by Gasteiger charge is -2.15. The molecule has 2 aromatic heterocycles. The molecule has 2 aromatic rings. The van der Waals surface area contributed by atoms with Crippen molar-refractivity contribution in [1.82, 2.24) is 14.8 Å². The van der Waals surface area contributed by atoms with Crippen molar-refractivity contribution in [2.75, 3.05) is 6.61 Å². The minimum atomic E-state index is -1.09. The molecule has 122 valence electrons. The van der Waals surface area contributed by atoms with Gasteiger partial charge in [0.05, 0.1) is 0 Å². The summed E-state index contributed by atoms with van der Waals surface area (Å²) in [5, 5.41) is 4.24. The van der Waals surface area contributed by atoms with Crippen molar-refractivity contribution in [3.63, 3.8) is 0 Å². The van der Waals surface area contributed by atoms with Crippen molar-refractivity contribution in [3.8, 4) is 0 Å². The highest BCUT2D eigenvalue weighted by Crippen LogP contribution is 2.11. The van der Waals surface area contributed by atoms with Gasteiger partial charge in [0.1, 0.15) is 12.4 Å². The zero-order chi connectivity index (χ0) is 16.7. The minimum Gasteiger partial charge on any atom is -0.360 e. The summed E-state index contributed by atoms with van der Waals surface area (Å²) in [5.41, 5.74) is 2.17. The molecule has 23 heavy (non-hydrogen) atoms. The Labute approximate surface area is 138 Å². The predicted molar refractivity (Wildman–Crippen MR) is 94.9 cm³/mol. The second-order valence-electron chi connectivity index (χ2n) is 6.59. The molecule has 0 aliphatic heterocycles. The standard InChI is InChI=1S/C17H23N3O2Si/c1-23(2,3)10-9-22-14-20-12-16(17(13-21)19-20)7-6-15-5-4-8-18-11-15/h4-8,11-13H,9-10,14H2,1-3H3. The van der Waals surface area contributed by atoms with E-state index in [0.29, 0.717) is 12.4 Å². The van der Waals surface area contributed by atoms with Crippen LogP contribution in [0.5, 0.6) is 0 Å². The van der Waals surface area contributed by atoms with Crippen molar-refractivity contribution in [2.24, 2.45) is 0 Å². The molecule has 0 spiro atoms. The number of rotatable bonds is 8. The molecule has 2 rings (SSSR count). The number of hydrogen-bond donors (Lipinski definition) is 0. The fourth-order valence-corrected chi connectivity index (χ4v) is 2.69. The van der Waals surface area contributed by atoms with E-state index in [1.165, 1.54) is 0 Å². The van der Waals surface area contributed by atoms with Gasteiger partial charge in [0, 0.05) is 38.8 Å². The van der Waals surface area contributed by atoms with Crippen LogP contribution in [0, 0.1) is 0 Å². The molecule has 0 N–H and O–H groups in total. The van der Waals surface area contributed by atoms with E-state index in [0.717, 1.165) is 30.1 Å². The molecule has 0 bridgehead atoms. The van der Waals surface area contributed by atoms with Crippen LogP contribution in [0.15, 0.2) is 30.7 Å². The van der Waals surface area contributed by atoms with Crippen molar-refractivity contribution >= 4 is 26.5 Å². The maximum atomic E-state index is 11.2. The van der Waals surface area contributed by atoms with E-state index in [1.807, 2.05) is 30.5 Å². The number of hydrogen-bond acceptors (Lipinski definition) is 4. The summed E-state index contributed by atoms with van der Waals surface area (Å²) in [6.45, 7) is 8.04. The van der Waals surface area contributed by atoms with E-state index < -0.39 is 8.07 Å². The van der Waals surface area contributed by atoms with Gasteiger partial charge in [0.25, 0.3) is 0 Å². The van der Waals surface area contributed by atoms with Crippen LogP contribution in [0.1, 0.15) is 21.6 Å². The number of ether oxygens (including phenoxy) is 1. The SMILES string of the molecule is C[Si](C)(C)CCOCn1cc(C=Cc2cccnc2)c(C=O)n1. The quantitative estimate of drug-likeness (QED) is 0.422. The maximum absolute atomic E-state index is 11.2. The molecule has 0 amide bonds. The third kappa shape index (κ3) is 5.92. The highest BCUT2D eigenvalue weighted by atomic mass is 28.3. The second-order valence-corrected chi connectivity index (χ2v) is 12.2. The summed E-state index contributed by atoms with van der Waals surface area (Å²) in [5.74, 6) is 0. The Hall–Kier alpha value is -2.05. The van der Waals surface area contributed by atoms with Gasteiger partial charge >= 0.3 is 0 Å². The average molecular weight is 329 g/mol. The van der Waals surface area contributed by atoms with Gasteiger partial charge in [-0.25, -0.2) is 4.68 Å². The van der Waals surface area contributed by atoms with Gasteiger partial charge in [-0.15, -0.1) is 0 Å². The van der Waals surface area contributed by atoms with Crippen LogP contribution in [0.25, 0.3) is 12.2 Å². The fourth-order valence-electron chi connectivity index (χ4n) is 1.93. The lowest BCUT2D eigenvalue weighted by Crippen LogP contribution is -2.22. The summed E-state index contributed by atoms with van der Waals surface area (Å²) < 4.78 is 7.32. The number of nitrogens with zero attached hydrogens (tertiary/aromatic N) is 3. The molecule has 0 atom stereocenters. The lowest BCUT2D eigenvalue weighted by molar-refractivity contribution is 0.0782. The number of carbonyl (C=O) groups is 1. The molecule has 0 saturated carbocycles. The Morgan fingerprint density at radius 3 is 2.78 bits per heavy atom. The van der Waals surface area contributed by atoms with Crippen molar-refractivity contribution < 1.29 is 9.53 Å². The minimum absolute atomic E-state index is 0.367. The molecule has 0 aliphatic carbocycles. The van der Waals surface area contributed by atoms with Gasteiger partial charge in [-0.2, -0.15) is 5.10 Å². The lowest BCUT2D eigenvalue weighted by atomic mass is 10.2. The van der Waals surface area contributed by atoms with Gasteiger partial charge in [-0.1, -0.05) is 37.9 Å². The van der Waals surface area contributed by atoms with Crippen molar-refractivity contribution in [3.05, 3.63) is 47.5 Å². The zero-order valence-electron chi connectivity index (χ0n) is 13.9. The van der Waals surface area contributed by atoms with Crippen LogP contribution in [-0.2, 0) is 11.5 Å². The Bertz CT molecular complexity index is 660. The first-order valence-corrected chi connectivity index (χ1v) is 11.4. The molecule has 0 aliphatic rings. The third-order valence-electron chi connectivity index (χ3n) is 3.29. The van der Waals surface area contributed by atoms with Crippen LogP contribution in [0.4, 0.5) is 0 Å². The molecular formula is C17H23N3O2Si. The Balaban J connectivity index is 1.97. The van der Waals surface area contributed by atoms with E-state index in [1.54, 1.807) is 17.1 Å². The van der Waals surface area contributed by atoms with Crippen LogP contribution >= 0.6 is 0 Å². The van der Waals surface area contributed by atoms with E-state index in [4.69, 9.17) is 4.74 Å². The Morgan fingerprint density at radius 1 is 1.30 bits per heavy atom. The summed E-state index contributed by atoms with van der Waals surface area (Å²) >= 11 is 0. The predicted octanol–water partition coefficient (Wildman–Crippen LogP) is 3.57. The summed E-state index contributed by atoms with van der Waals surface area (Å²) in [6, 6.07) is 4.94. The molecule has 2 heterocycles. The van der Waals surface area contributed by atoms with E-state index in [2.05, 4.69) is 29.7 Å². The summed E-state index contributed by atoms with van der Waals surface area (Å²) in [6.07, 6.45) is 9.86. The van der Waals surface area contributed by atoms with Crippen LogP contribution in [0.2, 0.25) is 25.7 Å². The second kappa shape index (κ2) is 7.98. The van der Waals surface area contributed by atoms with Crippen molar-refractivity contribution in [1.29, 1.82) is 0 Å². The molecule has 6 heteroatoms. The maximum Gasteiger partial charge on any atom is 0.170 e. The Morgan fingerprint density at radius 2 is 2.13 bits per heavy atom. The van der Waals surface area contributed by atoms with Gasteiger partial charge in [0.2, 0.25) is 0 Å². The summed E-state index contributed by atoms with van der Waals surface area (Å²) in [4.78, 5) is 15.2. The molecule has 5 nitrogen and oxygen atoms in total. The first-order valence-electron chi connectivity index (χ1n) is 7.66. The largest absolute Gasteiger partial charge is 0.360 e. The Kier molecular flexibility index (Phi) is 6.01. The molecule has 0 saturated heterocycles. The van der Waals surface area contributed by atoms with Crippen LogP contribution in [0.3, 0.4) is 0 Å². The molecule has 0 aromatic carbocycles. The van der Waals surface area contributed by atoms with E-state index in [9.17, 15) is 4.79 Å². The number of aromatic nitrogens is 3.